The minimum Gasteiger partial charge on any atom is -0.497 e. The van der Waals surface area contributed by atoms with Crippen molar-refractivity contribution in [2.75, 3.05) is 19.0 Å². The molecule has 1 amide bonds. The lowest BCUT2D eigenvalue weighted by atomic mass is 9.78. The van der Waals surface area contributed by atoms with E-state index < -0.39 is 23.8 Å². The number of methoxy groups -OCH3 is 1. The Bertz CT molecular complexity index is 965. The molecule has 0 saturated heterocycles. The van der Waals surface area contributed by atoms with Gasteiger partial charge in [-0.05, 0) is 44.4 Å². The number of benzene rings is 1. The minimum absolute atomic E-state index is 0.201. The molecule has 166 valence electrons. The van der Waals surface area contributed by atoms with Gasteiger partial charge >= 0.3 is 11.9 Å². The average Bonchev–Trinajstić information content (AvgIpc) is 3.09. The highest BCUT2D eigenvalue weighted by atomic mass is 32.1. The van der Waals surface area contributed by atoms with Crippen molar-refractivity contribution in [3.05, 3.63) is 34.7 Å². The number of aryl methyl sites for hydroxylation is 1. The lowest BCUT2D eigenvalue weighted by Gasteiger charge is -2.27. The number of nitrogens with one attached hydrogen (secondary N) is 1. The number of thiophene rings is 1. The number of carbonyl (C=O) groups excluding carboxylic acids is 2. The van der Waals surface area contributed by atoms with Gasteiger partial charge in [0.25, 0.3) is 0 Å². The molecule has 1 aromatic carbocycles. The van der Waals surface area contributed by atoms with Crippen LogP contribution in [0, 0.1) is 18.8 Å². The maximum Gasteiger partial charge on any atom is 0.341 e. The zero-order chi connectivity index (χ0) is 22.5. The highest BCUT2D eigenvalue weighted by molar-refractivity contribution is 7.17. The summed E-state index contributed by atoms with van der Waals surface area (Å²) in [5, 5.41) is 12.8. The van der Waals surface area contributed by atoms with Crippen LogP contribution in [-0.4, -0.2) is 36.7 Å². The van der Waals surface area contributed by atoms with E-state index in [-0.39, 0.29) is 12.5 Å². The predicted molar refractivity (Wildman–Crippen MR) is 119 cm³/mol. The normalized spacial score (nSPS) is 18.3. The van der Waals surface area contributed by atoms with E-state index in [9.17, 15) is 19.5 Å². The second kappa shape index (κ2) is 9.96. The van der Waals surface area contributed by atoms with Gasteiger partial charge in [-0.25, -0.2) is 4.79 Å². The molecule has 0 radical (unpaired) electrons. The van der Waals surface area contributed by atoms with E-state index in [2.05, 4.69) is 5.32 Å². The summed E-state index contributed by atoms with van der Waals surface area (Å²) in [5.74, 6) is -2.46. The maximum atomic E-state index is 13.0. The van der Waals surface area contributed by atoms with E-state index in [4.69, 9.17) is 9.47 Å². The molecule has 1 saturated carbocycles. The van der Waals surface area contributed by atoms with E-state index in [1.54, 1.807) is 26.2 Å². The number of hydrogen-bond acceptors (Lipinski definition) is 6. The number of hydrogen-bond donors (Lipinski definition) is 2. The smallest absolute Gasteiger partial charge is 0.341 e. The Labute approximate surface area is 185 Å². The maximum absolute atomic E-state index is 13.0. The molecule has 7 nitrogen and oxygen atoms in total. The third-order valence-electron chi connectivity index (χ3n) is 5.60. The zero-order valence-electron chi connectivity index (χ0n) is 17.9. The first-order valence-electron chi connectivity index (χ1n) is 10.4. The van der Waals surface area contributed by atoms with Crippen molar-refractivity contribution in [2.45, 2.75) is 39.5 Å². The Hall–Kier alpha value is -2.87. The quantitative estimate of drug-likeness (QED) is 0.597. The first kappa shape index (κ1) is 22.8. The molecule has 1 aliphatic rings. The standard InChI is InChI=1S/C23H27NO6S/c1-4-30-23(28)19-18(14-9-11-15(29-3)12-10-14)13(2)31-21(19)24-20(25)16-7-5-6-8-17(16)22(26)27/h9-12,16-17H,4-8H2,1-3H3,(H,24,25)(H,26,27)/t16-,17-/m1/s1. The van der Waals surface area contributed by atoms with Crippen LogP contribution in [0.15, 0.2) is 24.3 Å². The van der Waals surface area contributed by atoms with Gasteiger partial charge in [-0.1, -0.05) is 25.0 Å². The Morgan fingerprint density at radius 1 is 1.13 bits per heavy atom. The van der Waals surface area contributed by atoms with Crippen molar-refractivity contribution >= 4 is 34.2 Å². The molecule has 2 N–H and O–H groups in total. The number of ether oxygens (including phenoxy) is 2. The van der Waals surface area contributed by atoms with E-state index in [1.807, 2.05) is 19.1 Å². The fourth-order valence-corrected chi connectivity index (χ4v) is 5.15. The van der Waals surface area contributed by atoms with Gasteiger partial charge in [0.15, 0.2) is 0 Å². The summed E-state index contributed by atoms with van der Waals surface area (Å²) in [6.07, 6.45) is 2.62. The monoisotopic (exact) mass is 445 g/mol. The lowest BCUT2D eigenvalue weighted by Crippen LogP contribution is -2.36. The van der Waals surface area contributed by atoms with E-state index in [0.29, 0.717) is 34.7 Å². The molecule has 0 aliphatic heterocycles. The van der Waals surface area contributed by atoms with Gasteiger partial charge in [-0.15, -0.1) is 11.3 Å². The summed E-state index contributed by atoms with van der Waals surface area (Å²) < 4.78 is 10.5. The van der Waals surface area contributed by atoms with Crippen LogP contribution in [0.5, 0.6) is 5.75 Å². The van der Waals surface area contributed by atoms with Crippen molar-refractivity contribution in [3.8, 4) is 16.9 Å². The van der Waals surface area contributed by atoms with Gasteiger partial charge < -0.3 is 19.9 Å². The van der Waals surface area contributed by atoms with Crippen LogP contribution in [-0.2, 0) is 14.3 Å². The van der Waals surface area contributed by atoms with Gasteiger partial charge in [0.1, 0.15) is 16.3 Å². The number of rotatable bonds is 7. The van der Waals surface area contributed by atoms with Crippen molar-refractivity contribution in [2.24, 2.45) is 11.8 Å². The summed E-state index contributed by atoms with van der Waals surface area (Å²) >= 11 is 1.29. The summed E-state index contributed by atoms with van der Waals surface area (Å²) in [6.45, 7) is 3.80. The van der Waals surface area contributed by atoms with E-state index in [1.165, 1.54) is 11.3 Å². The molecular formula is C23H27NO6S. The first-order valence-corrected chi connectivity index (χ1v) is 11.2. The molecule has 1 heterocycles. The van der Waals surface area contributed by atoms with Gasteiger partial charge in [0.2, 0.25) is 5.91 Å². The van der Waals surface area contributed by atoms with E-state index >= 15 is 0 Å². The summed E-state index contributed by atoms with van der Waals surface area (Å²) in [7, 11) is 1.58. The van der Waals surface area contributed by atoms with Crippen molar-refractivity contribution in [3.63, 3.8) is 0 Å². The predicted octanol–water partition coefficient (Wildman–Crippen LogP) is 4.74. The summed E-state index contributed by atoms with van der Waals surface area (Å²) in [6, 6.07) is 7.31. The second-order valence-electron chi connectivity index (χ2n) is 7.51. The average molecular weight is 446 g/mol. The Morgan fingerprint density at radius 3 is 2.35 bits per heavy atom. The Kier molecular flexibility index (Phi) is 7.33. The van der Waals surface area contributed by atoms with Crippen LogP contribution in [0.4, 0.5) is 5.00 Å². The van der Waals surface area contributed by atoms with Crippen molar-refractivity contribution < 1.29 is 29.0 Å². The van der Waals surface area contributed by atoms with Crippen molar-refractivity contribution in [1.29, 1.82) is 0 Å². The molecule has 31 heavy (non-hydrogen) atoms. The Balaban J connectivity index is 1.98. The van der Waals surface area contributed by atoms with Crippen LogP contribution >= 0.6 is 11.3 Å². The van der Waals surface area contributed by atoms with Gasteiger partial charge in [-0.3, -0.25) is 9.59 Å². The fourth-order valence-electron chi connectivity index (χ4n) is 4.08. The third-order valence-corrected chi connectivity index (χ3v) is 6.62. The topological polar surface area (TPSA) is 102 Å². The summed E-state index contributed by atoms with van der Waals surface area (Å²) in [5.41, 5.74) is 1.80. The first-order chi connectivity index (χ1) is 14.9. The number of carboxylic acids is 1. The number of carboxylic acid groups (broad SMARTS) is 1. The number of amides is 1. The molecule has 3 rings (SSSR count). The molecule has 0 bridgehead atoms. The lowest BCUT2D eigenvalue weighted by molar-refractivity contribution is -0.147. The van der Waals surface area contributed by atoms with Crippen LogP contribution in [0.3, 0.4) is 0 Å². The third kappa shape index (κ3) is 4.90. The zero-order valence-corrected chi connectivity index (χ0v) is 18.7. The van der Waals surface area contributed by atoms with Gasteiger partial charge in [0.05, 0.1) is 25.6 Å². The highest BCUT2D eigenvalue weighted by Crippen LogP contribution is 2.41. The highest BCUT2D eigenvalue weighted by Gasteiger charge is 2.37. The molecule has 2 atom stereocenters. The van der Waals surface area contributed by atoms with Gasteiger partial charge in [-0.2, -0.15) is 0 Å². The van der Waals surface area contributed by atoms with Crippen molar-refractivity contribution in [1.82, 2.24) is 0 Å². The van der Waals surface area contributed by atoms with Crippen LogP contribution in [0.25, 0.3) is 11.1 Å². The molecule has 8 heteroatoms. The molecule has 1 aliphatic carbocycles. The number of aliphatic carboxylic acids is 1. The minimum atomic E-state index is -0.952. The second-order valence-corrected chi connectivity index (χ2v) is 8.74. The van der Waals surface area contributed by atoms with Crippen LogP contribution in [0.2, 0.25) is 0 Å². The molecule has 2 aromatic rings. The van der Waals surface area contributed by atoms with Crippen LogP contribution < -0.4 is 10.1 Å². The summed E-state index contributed by atoms with van der Waals surface area (Å²) in [4.78, 5) is 38.3. The fraction of sp³-hybridized carbons (Fsp3) is 0.435. The molecule has 1 aromatic heterocycles. The Morgan fingerprint density at radius 2 is 1.77 bits per heavy atom. The van der Waals surface area contributed by atoms with E-state index in [0.717, 1.165) is 23.3 Å². The molecule has 0 unspecified atom stereocenters. The van der Waals surface area contributed by atoms with Crippen LogP contribution in [0.1, 0.15) is 47.8 Å². The molecule has 0 spiro atoms. The molecule has 1 fully saturated rings. The van der Waals surface area contributed by atoms with Gasteiger partial charge in [0, 0.05) is 10.4 Å². The molecular weight excluding hydrogens is 418 g/mol. The number of carbonyl (C=O) groups is 3. The SMILES string of the molecule is CCOC(=O)c1c(NC(=O)[C@@H]2CCCC[C@H]2C(=O)O)sc(C)c1-c1ccc(OC)cc1. The largest absolute Gasteiger partial charge is 0.497 e. The number of anilines is 1. The number of esters is 1.